The molecule has 1 atom stereocenters. The molecule has 18 heavy (non-hydrogen) atoms. The number of nitrogens with one attached hydrogen (secondary N) is 1. The van der Waals surface area contributed by atoms with Gasteiger partial charge in [0.25, 0.3) is 0 Å². The van der Waals surface area contributed by atoms with Crippen LogP contribution in [0.5, 0.6) is 0 Å². The van der Waals surface area contributed by atoms with Crippen molar-refractivity contribution in [2.75, 3.05) is 25.4 Å². The van der Waals surface area contributed by atoms with Crippen LogP contribution in [0.3, 0.4) is 0 Å². The monoisotopic (exact) mass is 276 g/mol. The zero-order valence-corrected chi connectivity index (χ0v) is 13.0. The molecule has 1 unspecified atom stereocenters. The summed E-state index contributed by atoms with van der Waals surface area (Å²) in [4.78, 5) is 0. The van der Waals surface area contributed by atoms with Crippen LogP contribution in [0.15, 0.2) is 0 Å². The lowest BCUT2D eigenvalue weighted by molar-refractivity contribution is 0.243. The zero-order valence-electron chi connectivity index (χ0n) is 12.2. The summed E-state index contributed by atoms with van der Waals surface area (Å²) in [5, 5.41) is 3.28. The molecule has 0 aromatic heterocycles. The molecule has 1 fully saturated rings. The van der Waals surface area contributed by atoms with Crippen LogP contribution in [-0.4, -0.2) is 44.2 Å². The highest BCUT2D eigenvalue weighted by Crippen LogP contribution is 2.25. The van der Waals surface area contributed by atoms with E-state index < -0.39 is 10.0 Å². The molecule has 0 spiro atoms. The van der Waals surface area contributed by atoms with Gasteiger partial charge in [0, 0.05) is 19.1 Å². The summed E-state index contributed by atoms with van der Waals surface area (Å²) in [5.74, 6) is 0.239. The standard InChI is InChI=1S/C13H28N2O2S/c1-5-14-10-12-8-6-7-9-15(12)18(16,17)11-13(2,3)4/h12,14H,5-11H2,1-4H3. The Kier molecular flexibility index (Phi) is 5.62. The van der Waals surface area contributed by atoms with Crippen molar-refractivity contribution in [1.29, 1.82) is 0 Å². The molecule has 0 amide bonds. The Morgan fingerprint density at radius 2 is 1.94 bits per heavy atom. The van der Waals surface area contributed by atoms with Gasteiger partial charge in [-0.15, -0.1) is 0 Å². The van der Waals surface area contributed by atoms with Crippen LogP contribution in [-0.2, 0) is 10.0 Å². The lowest BCUT2D eigenvalue weighted by atomic mass is 10.0. The third-order valence-corrected chi connectivity index (χ3v) is 5.60. The van der Waals surface area contributed by atoms with Crippen molar-refractivity contribution in [3.63, 3.8) is 0 Å². The molecule has 4 nitrogen and oxygen atoms in total. The summed E-state index contributed by atoms with van der Waals surface area (Å²) in [6.45, 7) is 10.4. The first-order chi connectivity index (χ1) is 8.26. The fraction of sp³-hybridized carbons (Fsp3) is 1.00. The smallest absolute Gasteiger partial charge is 0.214 e. The van der Waals surface area contributed by atoms with E-state index in [1.807, 2.05) is 20.8 Å². The molecule has 0 aliphatic carbocycles. The maximum absolute atomic E-state index is 12.5. The van der Waals surface area contributed by atoms with Crippen LogP contribution < -0.4 is 5.32 Å². The van der Waals surface area contributed by atoms with E-state index in [4.69, 9.17) is 0 Å². The molecule has 0 radical (unpaired) electrons. The van der Waals surface area contributed by atoms with Crippen LogP contribution in [0.2, 0.25) is 0 Å². The van der Waals surface area contributed by atoms with Gasteiger partial charge in [0.05, 0.1) is 5.75 Å². The summed E-state index contributed by atoms with van der Waals surface area (Å²) >= 11 is 0. The minimum Gasteiger partial charge on any atom is -0.315 e. The summed E-state index contributed by atoms with van der Waals surface area (Å²) < 4.78 is 26.7. The molecule has 1 rings (SSSR count). The summed E-state index contributed by atoms with van der Waals surface area (Å²) in [5.41, 5.74) is -0.182. The van der Waals surface area contributed by atoms with Crippen molar-refractivity contribution < 1.29 is 8.42 Å². The number of sulfonamides is 1. The third-order valence-electron chi connectivity index (χ3n) is 3.18. The van der Waals surface area contributed by atoms with E-state index in [-0.39, 0.29) is 17.2 Å². The van der Waals surface area contributed by atoms with Gasteiger partial charge in [-0.2, -0.15) is 4.31 Å². The maximum Gasteiger partial charge on any atom is 0.214 e. The Labute approximate surface area is 112 Å². The Hall–Kier alpha value is -0.130. The summed E-state index contributed by atoms with van der Waals surface area (Å²) in [6, 6.07) is 0.144. The first kappa shape index (κ1) is 15.9. The maximum atomic E-state index is 12.5. The minimum absolute atomic E-state index is 0.144. The molecular weight excluding hydrogens is 248 g/mol. The molecule has 1 aliphatic rings. The molecule has 0 aromatic rings. The van der Waals surface area contributed by atoms with E-state index >= 15 is 0 Å². The number of nitrogens with zero attached hydrogens (tertiary/aromatic N) is 1. The second-order valence-corrected chi connectivity index (χ2v) is 8.31. The van der Waals surface area contributed by atoms with Gasteiger partial charge in [-0.05, 0) is 24.8 Å². The van der Waals surface area contributed by atoms with Gasteiger partial charge in [0.2, 0.25) is 10.0 Å². The van der Waals surface area contributed by atoms with Crippen molar-refractivity contribution in [2.45, 2.75) is 53.0 Å². The zero-order chi connectivity index (χ0) is 13.8. The second-order valence-electron chi connectivity index (χ2n) is 6.38. The average Bonchev–Trinajstić information content (AvgIpc) is 2.23. The third kappa shape index (κ3) is 4.86. The highest BCUT2D eigenvalue weighted by atomic mass is 32.2. The van der Waals surface area contributed by atoms with E-state index in [0.29, 0.717) is 6.54 Å². The van der Waals surface area contributed by atoms with Crippen LogP contribution in [0.4, 0.5) is 0 Å². The SMILES string of the molecule is CCNCC1CCCCN1S(=O)(=O)CC(C)(C)C. The minimum atomic E-state index is -3.13. The van der Waals surface area contributed by atoms with Gasteiger partial charge in [-0.3, -0.25) is 0 Å². The van der Waals surface area contributed by atoms with Crippen molar-refractivity contribution >= 4 is 10.0 Å². The van der Waals surface area contributed by atoms with Gasteiger partial charge >= 0.3 is 0 Å². The van der Waals surface area contributed by atoms with Crippen LogP contribution in [0.1, 0.15) is 47.0 Å². The highest BCUT2D eigenvalue weighted by Gasteiger charge is 2.34. The lowest BCUT2D eigenvalue weighted by Gasteiger charge is -2.36. The molecule has 1 saturated heterocycles. The topological polar surface area (TPSA) is 49.4 Å². The molecule has 0 aromatic carbocycles. The molecule has 1 N–H and O–H groups in total. The number of likely N-dealkylation sites (N-methyl/N-ethyl adjacent to an activating group) is 1. The Balaban J connectivity index is 2.76. The largest absolute Gasteiger partial charge is 0.315 e. The second kappa shape index (κ2) is 6.35. The Morgan fingerprint density at radius 1 is 1.28 bits per heavy atom. The molecule has 0 saturated carbocycles. The van der Waals surface area contributed by atoms with E-state index in [0.717, 1.165) is 32.4 Å². The first-order valence-corrected chi connectivity index (χ1v) is 8.57. The van der Waals surface area contributed by atoms with Crippen LogP contribution >= 0.6 is 0 Å². The quantitative estimate of drug-likeness (QED) is 0.833. The van der Waals surface area contributed by atoms with Crippen molar-refractivity contribution in [3.05, 3.63) is 0 Å². The number of rotatable bonds is 5. The van der Waals surface area contributed by atoms with Gasteiger partial charge in [0.1, 0.15) is 0 Å². The number of hydrogen-bond donors (Lipinski definition) is 1. The van der Waals surface area contributed by atoms with E-state index in [1.165, 1.54) is 0 Å². The van der Waals surface area contributed by atoms with Gasteiger partial charge in [0.15, 0.2) is 0 Å². The normalized spacial score (nSPS) is 23.2. The lowest BCUT2D eigenvalue weighted by Crippen LogP contribution is -2.50. The molecule has 108 valence electrons. The molecule has 5 heteroatoms. The van der Waals surface area contributed by atoms with E-state index in [9.17, 15) is 8.42 Å². The van der Waals surface area contributed by atoms with Crippen molar-refractivity contribution in [1.82, 2.24) is 9.62 Å². The Morgan fingerprint density at radius 3 is 2.50 bits per heavy atom. The molecular formula is C13H28N2O2S. The van der Waals surface area contributed by atoms with Crippen molar-refractivity contribution in [2.24, 2.45) is 5.41 Å². The number of hydrogen-bond acceptors (Lipinski definition) is 3. The van der Waals surface area contributed by atoms with Crippen LogP contribution in [0, 0.1) is 5.41 Å². The van der Waals surface area contributed by atoms with Gasteiger partial charge in [-0.25, -0.2) is 8.42 Å². The first-order valence-electron chi connectivity index (χ1n) is 6.96. The van der Waals surface area contributed by atoms with Gasteiger partial charge < -0.3 is 5.32 Å². The number of piperidine rings is 1. The van der Waals surface area contributed by atoms with E-state index in [2.05, 4.69) is 12.2 Å². The van der Waals surface area contributed by atoms with Crippen LogP contribution in [0.25, 0.3) is 0 Å². The highest BCUT2D eigenvalue weighted by molar-refractivity contribution is 7.89. The fourth-order valence-corrected chi connectivity index (χ4v) is 4.79. The van der Waals surface area contributed by atoms with Crippen molar-refractivity contribution in [3.8, 4) is 0 Å². The predicted molar refractivity (Wildman–Crippen MR) is 76.1 cm³/mol. The summed E-state index contributed by atoms with van der Waals surface area (Å²) in [7, 11) is -3.13. The average molecular weight is 276 g/mol. The summed E-state index contributed by atoms with van der Waals surface area (Å²) in [6.07, 6.45) is 3.11. The van der Waals surface area contributed by atoms with Gasteiger partial charge in [-0.1, -0.05) is 34.1 Å². The fourth-order valence-electron chi connectivity index (χ4n) is 2.49. The molecule has 1 heterocycles. The predicted octanol–water partition coefficient (Wildman–Crippen LogP) is 1.83. The molecule has 0 bridgehead atoms. The molecule has 1 aliphatic heterocycles. The Bertz CT molecular complexity index is 346. The van der Waals surface area contributed by atoms with E-state index in [1.54, 1.807) is 4.31 Å².